The van der Waals surface area contributed by atoms with Crippen molar-refractivity contribution in [3.05, 3.63) is 28.8 Å². The third kappa shape index (κ3) is 4.17. The largest absolute Gasteiger partial charge is 0.479 e. The van der Waals surface area contributed by atoms with Gasteiger partial charge >= 0.3 is 5.97 Å². The molecule has 0 fully saturated rings. The van der Waals surface area contributed by atoms with Gasteiger partial charge in [0.05, 0.1) is 4.90 Å². The number of halogens is 1. The Bertz CT molecular complexity index is 572. The van der Waals surface area contributed by atoms with Crippen LogP contribution < -0.4 is 4.72 Å². The molecule has 19 heavy (non-hydrogen) atoms. The minimum atomic E-state index is -3.83. The fourth-order valence-electron chi connectivity index (χ4n) is 1.40. The van der Waals surface area contributed by atoms with Crippen LogP contribution in [0.4, 0.5) is 0 Å². The molecule has 6 nitrogen and oxygen atoms in total. The van der Waals surface area contributed by atoms with Crippen LogP contribution in [0, 0.1) is 6.92 Å². The van der Waals surface area contributed by atoms with E-state index in [1.165, 1.54) is 13.2 Å². The Labute approximate surface area is 116 Å². The van der Waals surface area contributed by atoms with Gasteiger partial charge in [-0.05, 0) is 24.6 Å². The van der Waals surface area contributed by atoms with Crippen LogP contribution in [0.1, 0.15) is 5.56 Å². The zero-order chi connectivity index (χ0) is 14.6. The van der Waals surface area contributed by atoms with Gasteiger partial charge in [0.2, 0.25) is 10.0 Å². The van der Waals surface area contributed by atoms with Gasteiger partial charge in [-0.15, -0.1) is 0 Å². The number of rotatable bonds is 6. The summed E-state index contributed by atoms with van der Waals surface area (Å²) < 4.78 is 30.9. The number of carboxylic acid groups (broad SMARTS) is 1. The first-order valence-corrected chi connectivity index (χ1v) is 7.15. The highest BCUT2D eigenvalue weighted by atomic mass is 35.5. The van der Waals surface area contributed by atoms with Crippen LogP contribution in [0.2, 0.25) is 5.02 Å². The number of benzene rings is 1. The number of carboxylic acids is 1. The van der Waals surface area contributed by atoms with E-state index in [2.05, 4.69) is 9.46 Å². The monoisotopic (exact) mass is 307 g/mol. The summed E-state index contributed by atoms with van der Waals surface area (Å²) in [6, 6.07) is 4.45. The fraction of sp³-hybridized carbons (Fsp3) is 0.364. The number of aryl methyl sites for hydroxylation is 1. The van der Waals surface area contributed by atoms with Gasteiger partial charge in [0.15, 0.2) is 6.10 Å². The van der Waals surface area contributed by atoms with Crippen molar-refractivity contribution in [2.24, 2.45) is 0 Å². The molecule has 1 atom stereocenters. The molecule has 0 radical (unpaired) electrons. The first-order chi connectivity index (χ1) is 8.77. The average Bonchev–Trinajstić information content (AvgIpc) is 2.32. The van der Waals surface area contributed by atoms with Crippen LogP contribution in [0.15, 0.2) is 23.1 Å². The molecule has 106 valence electrons. The lowest BCUT2D eigenvalue weighted by molar-refractivity contribution is -0.147. The number of carbonyl (C=O) groups is 1. The Morgan fingerprint density at radius 3 is 2.68 bits per heavy atom. The normalized spacial score (nSPS) is 13.2. The second-order valence-corrected chi connectivity index (χ2v) is 6.00. The molecule has 1 aromatic rings. The molecule has 8 heteroatoms. The van der Waals surface area contributed by atoms with Crippen LogP contribution in [0.5, 0.6) is 0 Å². The smallest absolute Gasteiger partial charge is 0.334 e. The van der Waals surface area contributed by atoms with Crippen molar-refractivity contribution in [2.75, 3.05) is 13.7 Å². The van der Waals surface area contributed by atoms with E-state index >= 15 is 0 Å². The van der Waals surface area contributed by atoms with E-state index in [0.29, 0.717) is 5.56 Å². The Morgan fingerprint density at radius 1 is 1.53 bits per heavy atom. The lowest BCUT2D eigenvalue weighted by Gasteiger charge is -2.13. The van der Waals surface area contributed by atoms with Gasteiger partial charge in [-0.2, -0.15) is 0 Å². The highest BCUT2D eigenvalue weighted by molar-refractivity contribution is 7.89. The van der Waals surface area contributed by atoms with Crippen molar-refractivity contribution in [3.63, 3.8) is 0 Å². The maximum atomic E-state index is 12.0. The Balaban J connectivity index is 2.93. The van der Waals surface area contributed by atoms with Gasteiger partial charge in [-0.1, -0.05) is 17.7 Å². The van der Waals surface area contributed by atoms with Crippen molar-refractivity contribution in [1.82, 2.24) is 4.72 Å². The van der Waals surface area contributed by atoms with E-state index < -0.39 is 22.1 Å². The Hall–Kier alpha value is -1.15. The summed E-state index contributed by atoms with van der Waals surface area (Å²) in [5, 5.41) is 9.04. The summed E-state index contributed by atoms with van der Waals surface area (Å²) in [6.45, 7) is 1.26. The highest BCUT2D eigenvalue weighted by Crippen LogP contribution is 2.19. The molecular weight excluding hydrogens is 294 g/mol. The zero-order valence-corrected chi connectivity index (χ0v) is 12.0. The van der Waals surface area contributed by atoms with Crippen LogP contribution in [0.3, 0.4) is 0 Å². The van der Waals surface area contributed by atoms with Crippen LogP contribution >= 0.6 is 11.6 Å². The maximum Gasteiger partial charge on any atom is 0.334 e. The van der Waals surface area contributed by atoms with E-state index in [4.69, 9.17) is 16.7 Å². The maximum absolute atomic E-state index is 12.0. The summed E-state index contributed by atoms with van der Waals surface area (Å²) in [7, 11) is -2.64. The van der Waals surface area contributed by atoms with Crippen molar-refractivity contribution in [2.45, 2.75) is 17.9 Å². The lowest BCUT2D eigenvalue weighted by Crippen LogP contribution is -2.38. The minimum Gasteiger partial charge on any atom is -0.479 e. The molecule has 0 saturated heterocycles. The molecule has 2 N–H and O–H groups in total. The molecule has 0 spiro atoms. The highest BCUT2D eigenvalue weighted by Gasteiger charge is 2.22. The molecule has 0 heterocycles. The van der Waals surface area contributed by atoms with E-state index in [9.17, 15) is 13.2 Å². The molecule has 0 aliphatic carbocycles. The van der Waals surface area contributed by atoms with E-state index in [1.54, 1.807) is 19.1 Å². The topological polar surface area (TPSA) is 92.7 Å². The lowest BCUT2D eigenvalue weighted by atomic mass is 10.2. The van der Waals surface area contributed by atoms with E-state index in [0.717, 1.165) is 0 Å². The van der Waals surface area contributed by atoms with Crippen LogP contribution in [0.25, 0.3) is 0 Å². The predicted molar refractivity (Wildman–Crippen MR) is 69.8 cm³/mol. The van der Waals surface area contributed by atoms with Crippen molar-refractivity contribution in [1.29, 1.82) is 0 Å². The van der Waals surface area contributed by atoms with Crippen molar-refractivity contribution >= 4 is 27.6 Å². The number of methoxy groups -OCH3 is 1. The van der Waals surface area contributed by atoms with E-state index in [1.807, 2.05) is 0 Å². The number of ether oxygens (including phenoxy) is 1. The van der Waals surface area contributed by atoms with Gasteiger partial charge in [-0.25, -0.2) is 17.9 Å². The number of aliphatic carboxylic acids is 1. The second kappa shape index (κ2) is 6.33. The van der Waals surface area contributed by atoms with Crippen LogP contribution in [-0.2, 0) is 19.6 Å². The molecule has 1 rings (SSSR count). The first-order valence-electron chi connectivity index (χ1n) is 5.29. The first kappa shape index (κ1) is 15.9. The van der Waals surface area contributed by atoms with Gasteiger partial charge < -0.3 is 9.84 Å². The number of sulfonamides is 1. The van der Waals surface area contributed by atoms with Crippen molar-refractivity contribution in [3.8, 4) is 0 Å². The molecule has 0 bridgehead atoms. The third-order valence-corrected chi connectivity index (χ3v) is 4.26. The van der Waals surface area contributed by atoms with Gasteiger partial charge in [0.25, 0.3) is 0 Å². The fourth-order valence-corrected chi connectivity index (χ4v) is 2.94. The Morgan fingerprint density at radius 2 is 2.16 bits per heavy atom. The summed E-state index contributed by atoms with van der Waals surface area (Å²) in [6.07, 6.45) is -1.24. The predicted octanol–water partition coefficient (Wildman–Crippen LogP) is 1.03. The molecule has 0 aliphatic heterocycles. The third-order valence-electron chi connectivity index (χ3n) is 2.46. The van der Waals surface area contributed by atoms with Gasteiger partial charge in [0.1, 0.15) is 0 Å². The Kier molecular flexibility index (Phi) is 5.30. The molecular formula is C11H14ClNO5S. The SMILES string of the molecule is COC(CNS(=O)(=O)c1cc(Cl)ccc1C)C(=O)O. The standard InChI is InChI=1S/C11H14ClNO5S/c1-7-3-4-8(12)5-10(7)19(16,17)13-6-9(18-2)11(14)15/h3-5,9,13H,6H2,1-2H3,(H,14,15). The molecule has 1 unspecified atom stereocenters. The molecule has 0 amide bonds. The van der Waals surface area contributed by atoms with Crippen LogP contribution in [-0.4, -0.2) is 39.3 Å². The van der Waals surface area contributed by atoms with Gasteiger partial charge in [0, 0.05) is 18.7 Å². The second-order valence-electron chi connectivity index (χ2n) is 3.82. The summed E-state index contributed by atoms with van der Waals surface area (Å²) in [4.78, 5) is 10.7. The minimum absolute atomic E-state index is 0.0141. The van der Waals surface area contributed by atoms with E-state index in [-0.39, 0.29) is 16.5 Å². The summed E-state index contributed by atoms with van der Waals surface area (Å²) >= 11 is 5.75. The number of hydrogen-bond acceptors (Lipinski definition) is 4. The summed E-state index contributed by atoms with van der Waals surface area (Å²) in [5.41, 5.74) is 0.515. The van der Waals surface area contributed by atoms with Crippen molar-refractivity contribution < 1.29 is 23.1 Å². The summed E-state index contributed by atoms with van der Waals surface area (Å²) in [5.74, 6) is -1.24. The molecule has 0 aromatic heterocycles. The number of hydrogen-bond donors (Lipinski definition) is 2. The number of nitrogens with one attached hydrogen (secondary N) is 1. The molecule has 1 aromatic carbocycles. The zero-order valence-electron chi connectivity index (χ0n) is 10.4. The quantitative estimate of drug-likeness (QED) is 0.818. The van der Waals surface area contributed by atoms with Gasteiger partial charge in [-0.3, -0.25) is 0 Å². The average molecular weight is 308 g/mol. The molecule has 0 aliphatic rings. The molecule has 0 saturated carbocycles.